The molecule has 1 aromatic heterocycles. The van der Waals surface area contributed by atoms with Crippen LogP contribution in [-0.2, 0) is 11.2 Å². The number of carbonyl (C=O) groups excluding carboxylic acids is 2. The van der Waals surface area contributed by atoms with Crippen LogP contribution in [0.3, 0.4) is 0 Å². The molecule has 0 radical (unpaired) electrons. The topological polar surface area (TPSA) is 86.5 Å². The van der Waals surface area contributed by atoms with Crippen LogP contribution >= 0.6 is 22.9 Å². The number of benzene rings is 1. The van der Waals surface area contributed by atoms with Crippen molar-refractivity contribution in [3.63, 3.8) is 0 Å². The number of hydrogen-bond donors (Lipinski definition) is 0. The molecule has 0 amide bonds. The number of halogens is 1. The molecule has 1 aromatic carbocycles. The van der Waals surface area contributed by atoms with Crippen molar-refractivity contribution in [2.75, 3.05) is 6.61 Å². The average Bonchev–Trinajstić information content (AvgIpc) is 3.01. The van der Waals surface area contributed by atoms with Gasteiger partial charge in [-0.25, -0.2) is 4.79 Å². The summed E-state index contributed by atoms with van der Waals surface area (Å²) < 4.78 is 4.91. The van der Waals surface area contributed by atoms with Gasteiger partial charge in [0.25, 0.3) is 5.69 Å². The van der Waals surface area contributed by atoms with E-state index < -0.39 is 23.2 Å². The first-order valence-electron chi connectivity index (χ1n) is 6.65. The van der Waals surface area contributed by atoms with Crippen LogP contribution in [-0.4, -0.2) is 23.3 Å². The van der Waals surface area contributed by atoms with E-state index in [2.05, 4.69) is 0 Å². The molecule has 0 N–H and O–H groups in total. The molecule has 0 aliphatic heterocycles. The predicted molar refractivity (Wildman–Crippen MR) is 86.4 cm³/mol. The van der Waals surface area contributed by atoms with Crippen LogP contribution in [0, 0.1) is 10.1 Å². The number of rotatable bonds is 6. The van der Waals surface area contributed by atoms with Crippen molar-refractivity contribution in [1.82, 2.24) is 0 Å². The maximum atomic E-state index is 11.9. The maximum absolute atomic E-state index is 11.9. The number of esters is 1. The zero-order valence-corrected chi connectivity index (χ0v) is 13.6. The third kappa shape index (κ3) is 4.14. The van der Waals surface area contributed by atoms with E-state index in [1.807, 2.05) is 13.0 Å². The van der Waals surface area contributed by atoms with E-state index in [4.69, 9.17) is 16.3 Å². The van der Waals surface area contributed by atoms with Crippen molar-refractivity contribution in [2.24, 2.45) is 0 Å². The lowest BCUT2D eigenvalue weighted by Gasteiger charge is -2.04. The van der Waals surface area contributed by atoms with Crippen LogP contribution < -0.4 is 0 Å². The summed E-state index contributed by atoms with van der Waals surface area (Å²) in [6.45, 7) is 1.56. The van der Waals surface area contributed by atoms with Crippen LogP contribution in [0.25, 0.3) is 0 Å². The van der Waals surface area contributed by atoms with Gasteiger partial charge in [0.05, 0.1) is 15.4 Å². The largest absolute Gasteiger partial charge is 0.454 e. The summed E-state index contributed by atoms with van der Waals surface area (Å²) in [4.78, 5) is 35.5. The fourth-order valence-electron chi connectivity index (χ4n) is 1.78. The highest BCUT2D eigenvalue weighted by Gasteiger charge is 2.18. The molecule has 0 atom stereocenters. The highest BCUT2D eigenvalue weighted by molar-refractivity contribution is 7.14. The number of ketones is 1. The molecule has 6 nitrogen and oxygen atoms in total. The molecule has 0 fully saturated rings. The lowest BCUT2D eigenvalue weighted by Crippen LogP contribution is -2.13. The number of Topliss-reactive ketones (excluding diaryl/α,β-unsaturated/α-hetero) is 1. The Morgan fingerprint density at radius 2 is 2.04 bits per heavy atom. The minimum absolute atomic E-state index is 0.0330. The molecule has 8 heteroatoms. The molecule has 0 bridgehead atoms. The van der Waals surface area contributed by atoms with Gasteiger partial charge in [-0.3, -0.25) is 14.9 Å². The van der Waals surface area contributed by atoms with Crippen molar-refractivity contribution in [3.05, 3.63) is 60.8 Å². The number of ether oxygens (including phenoxy) is 1. The van der Waals surface area contributed by atoms with Crippen LogP contribution in [0.1, 0.15) is 31.8 Å². The highest BCUT2D eigenvalue weighted by atomic mass is 35.5. The minimum atomic E-state index is -0.814. The number of nitrogens with zero attached hydrogens (tertiary/aromatic N) is 1. The van der Waals surface area contributed by atoms with Gasteiger partial charge in [-0.2, -0.15) is 0 Å². The zero-order valence-electron chi connectivity index (χ0n) is 12.1. The molecular formula is C15H12ClNO5S. The Labute approximate surface area is 140 Å². The number of hydrogen-bond acceptors (Lipinski definition) is 6. The molecule has 23 heavy (non-hydrogen) atoms. The Kier molecular flexibility index (Phi) is 5.46. The van der Waals surface area contributed by atoms with Crippen molar-refractivity contribution < 1.29 is 19.2 Å². The summed E-state index contributed by atoms with van der Waals surface area (Å²) in [5, 5.41) is 10.7. The van der Waals surface area contributed by atoms with Crippen LogP contribution in [0.2, 0.25) is 5.02 Å². The van der Waals surface area contributed by atoms with Gasteiger partial charge in [0.2, 0.25) is 5.78 Å². The average molecular weight is 354 g/mol. The minimum Gasteiger partial charge on any atom is -0.454 e. The Morgan fingerprint density at radius 1 is 1.30 bits per heavy atom. The van der Waals surface area contributed by atoms with Gasteiger partial charge in [-0.1, -0.05) is 18.5 Å². The van der Waals surface area contributed by atoms with E-state index in [1.54, 1.807) is 6.07 Å². The Bertz CT molecular complexity index is 771. The fraction of sp³-hybridized carbons (Fsp3) is 0.200. The number of nitro benzene ring substituents is 1. The molecule has 2 aromatic rings. The highest BCUT2D eigenvalue weighted by Crippen LogP contribution is 2.25. The standard InChI is InChI=1S/C15H12ClNO5S/c1-2-10-4-6-14(23-10)13(18)8-22-15(19)9-3-5-11(16)12(7-9)17(20)21/h3-7H,2,8H2,1H3. The molecule has 0 saturated heterocycles. The van der Waals surface area contributed by atoms with E-state index >= 15 is 0 Å². The second-order valence-corrected chi connectivity index (χ2v) is 6.12. The maximum Gasteiger partial charge on any atom is 0.338 e. The summed E-state index contributed by atoms with van der Waals surface area (Å²) in [5.41, 5.74) is -0.424. The normalized spacial score (nSPS) is 10.3. The summed E-state index contributed by atoms with van der Waals surface area (Å²) in [5.74, 6) is -1.13. The van der Waals surface area contributed by atoms with Crippen molar-refractivity contribution >= 4 is 40.4 Å². The van der Waals surface area contributed by atoms with Crippen molar-refractivity contribution in [3.8, 4) is 0 Å². The molecule has 0 spiro atoms. The lowest BCUT2D eigenvalue weighted by molar-refractivity contribution is -0.384. The third-order valence-electron chi connectivity index (χ3n) is 3.00. The second kappa shape index (κ2) is 7.34. The number of carbonyl (C=O) groups is 2. The predicted octanol–water partition coefficient (Wildman–Crippen LogP) is 3.91. The summed E-state index contributed by atoms with van der Waals surface area (Å²) in [6.07, 6.45) is 0.826. The Balaban J connectivity index is 2.03. The number of aryl methyl sites for hydroxylation is 1. The van der Waals surface area contributed by atoms with Gasteiger partial charge < -0.3 is 4.74 Å². The number of nitro groups is 1. The summed E-state index contributed by atoms with van der Waals surface area (Å²) in [7, 11) is 0. The van der Waals surface area contributed by atoms with Gasteiger partial charge in [-0.15, -0.1) is 11.3 Å². The van der Waals surface area contributed by atoms with Gasteiger partial charge in [0.1, 0.15) is 5.02 Å². The molecule has 120 valence electrons. The molecule has 2 rings (SSSR count). The van der Waals surface area contributed by atoms with Crippen LogP contribution in [0.15, 0.2) is 30.3 Å². The number of thiophene rings is 1. The van der Waals surface area contributed by atoms with Gasteiger partial charge in [-0.05, 0) is 30.7 Å². The fourth-order valence-corrected chi connectivity index (χ4v) is 2.84. The van der Waals surface area contributed by atoms with Gasteiger partial charge in [0, 0.05) is 10.9 Å². The zero-order chi connectivity index (χ0) is 17.0. The van der Waals surface area contributed by atoms with E-state index in [-0.39, 0.29) is 16.4 Å². The lowest BCUT2D eigenvalue weighted by atomic mass is 10.2. The summed E-state index contributed by atoms with van der Waals surface area (Å²) >= 11 is 7.02. The smallest absolute Gasteiger partial charge is 0.338 e. The van der Waals surface area contributed by atoms with Crippen LogP contribution in [0.4, 0.5) is 5.69 Å². The van der Waals surface area contributed by atoms with Crippen LogP contribution in [0.5, 0.6) is 0 Å². The van der Waals surface area contributed by atoms with E-state index in [9.17, 15) is 19.7 Å². The molecule has 0 aliphatic rings. The van der Waals surface area contributed by atoms with Crippen molar-refractivity contribution in [1.29, 1.82) is 0 Å². The molecular weight excluding hydrogens is 342 g/mol. The first-order valence-corrected chi connectivity index (χ1v) is 7.84. The van der Waals surface area contributed by atoms with Crippen molar-refractivity contribution in [2.45, 2.75) is 13.3 Å². The van der Waals surface area contributed by atoms with Gasteiger partial charge >= 0.3 is 5.97 Å². The Morgan fingerprint density at radius 3 is 2.65 bits per heavy atom. The molecule has 0 aliphatic carbocycles. The molecule has 0 saturated carbocycles. The van der Waals surface area contributed by atoms with E-state index in [0.717, 1.165) is 17.4 Å². The van der Waals surface area contributed by atoms with E-state index in [1.165, 1.54) is 23.5 Å². The first kappa shape index (κ1) is 17.1. The third-order valence-corrected chi connectivity index (χ3v) is 4.59. The second-order valence-electron chi connectivity index (χ2n) is 4.54. The molecule has 0 unspecified atom stereocenters. The van der Waals surface area contributed by atoms with Gasteiger partial charge in [0.15, 0.2) is 6.61 Å². The summed E-state index contributed by atoms with van der Waals surface area (Å²) in [6, 6.07) is 7.11. The monoisotopic (exact) mass is 353 g/mol. The first-order chi connectivity index (χ1) is 10.9. The SMILES string of the molecule is CCc1ccc(C(=O)COC(=O)c2ccc(Cl)c([N+](=O)[O-])c2)s1. The van der Waals surface area contributed by atoms with E-state index in [0.29, 0.717) is 4.88 Å². The molecule has 1 heterocycles. The Hall–Kier alpha value is -2.25. The quantitative estimate of drug-likeness (QED) is 0.340.